The van der Waals surface area contributed by atoms with Gasteiger partial charge in [-0.15, -0.1) is 0 Å². The third-order valence-electron chi connectivity index (χ3n) is 4.92. The minimum absolute atomic E-state index is 0.122. The number of amides is 1. The molecule has 0 radical (unpaired) electrons. The molecule has 0 fully saturated rings. The molecule has 0 spiro atoms. The molecule has 0 aliphatic heterocycles. The second-order valence-corrected chi connectivity index (χ2v) is 8.46. The molecule has 0 saturated heterocycles. The highest BCUT2D eigenvalue weighted by molar-refractivity contribution is 7.99. The van der Waals surface area contributed by atoms with Crippen LogP contribution in [0.1, 0.15) is 5.56 Å². The summed E-state index contributed by atoms with van der Waals surface area (Å²) in [5.41, 5.74) is 1.32. The number of thioether (sulfide) groups is 1. The van der Waals surface area contributed by atoms with E-state index in [2.05, 4.69) is 10.3 Å². The predicted octanol–water partition coefficient (Wildman–Crippen LogP) is 3.16. The molecule has 176 valence electrons. The van der Waals surface area contributed by atoms with E-state index in [9.17, 15) is 9.59 Å². The molecule has 0 aliphatic carbocycles. The summed E-state index contributed by atoms with van der Waals surface area (Å²) in [6, 6.07) is 10.6. The highest BCUT2D eigenvalue weighted by atomic mass is 35.5. The van der Waals surface area contributed by atoms with E-state index in [0.29, 0.717) is 58.7 Å². The minimum atomic E-state index is -0.190. The summed E-state index contributed by atoms with van der Waals surface area (Å²) in [4.78, 5) is 29.9. The van der Waals surface area contributed by atoms with Gasteiger partial charge in [-0.2, -0.15) is 0 Å². The third kappa shape index (κ3) is 6.40. The van der Waals surface area contributed by atoms with Crippen molar-refractivity contribution in [2.75, 3.05) is 40.2 Å². The third-order valence-corrected chi connectivity index (χ3v) is 6.13. The topological polar surface area (TPSA) is 91.7 Å². The number of nitrogens with zero attached hydrogens (tertiary/aromatic N) is 2. The smallest absolute Gasteiger partial charge is 0.262 e. The van der Waals surface area contributed by atoms with Gasteiger partial charge in [0.15, 0.2) is 16.7 Å². The summed E-state index contributed by atoms with van der Waals surface area (Å²) in [5, 5.41) is 4.31. The molecule has 8 nitrogen and oxygen atoms in total. The first-order valence-corrected chi connectivity index (χ1v) is 11.6. The Bertz CT molecular complexity index is 1180. The molecular formula is C23H26ClN3O5S. The van der Waals surface area contributed by atoms with Crippen molar-refractivity contribution in [1.82, 2.24) is 14.9 Å². The standard InChI is InChI=1S/C23H26ClN3O5S/c1-30-11-10-27-22(29)17-6-5-16(24)13-18(17)26-23(27)33-14-21(28)25-9-8-15-4-7-19(31-2)20(12-15)32-3/h4-7,12-13H,8-11,14H2,1-3H3,(H,25,28). The van der Waals surface area contributed by atoms with Crippen LogP contribution in [0.15, 0.2) is 46.3 Å². The number of hydrogen-bond donors (Lipinski definition) is 1. The Labute approximate surface area is 201 Å². The molecule has 0 saturated carbocycles. The van der Waals surface area contributed by atoms with Crippen molar-refractivity contribution >= 4 is 40.2 Å². The van der Waals surface area contributed by atoms with Gasteiger partial charge in [0.2, 0.25) is 5.91 Å². The second-order valence-electron chi connectivity index (χ2n) is 7.08. The summed E-state index contributed by atoms with van der Waals surface area (Å²) in [6.07, 6.45) is 0.641. The van der Waals surface area contributed by atoms with Crippen LogP contribution in [-0.4, -0.2) is 55.7 Å². The average Bonchev–Trinajstić information content (AvgIpc) is 2.82. The van der Waals surface area contributed by atoms with E-state index in [0.717, 1.165) is 5.56 Å². The number of carbonyl (C=O) groups is 1. The van der Waals surface area contributed by atoms with Gasteiger partial charge in [-0.25, -0.2) is 4.98 Å². The highest BCUT2D eigenvalue weighted by Gasteiger charge is 2.14. The van der Waals surface area contributed by atoms with E-state index in [1.165, 1.54) is 16.3 Å². The molecule has 0 aliphatic rings. The summed E-state index contributed by atoms with van der Waals surface area (Å²) in [6.45, 7) is 1.15. The lowest BCUT2D eigenvalue weighted by atomic mass is 10.1. The van der Waals surface area contributed by atoms with Crippen LogP contribution in [0.25, 0.3) is 10.9 Å². The van der Waals surface area contributed by atoms with Gasteiger partial charge < -0.3 is 19.5 Å². The fourth-order valence-electron chi connectivity index (χ4n) is 3.23. The zero-order valence-electron chi connectivity index (χ0n) is 18.7. The van der Waals surface area contributed by atoms with Crippen molar-refractivity contribution < 1.29 is 19.0 Å². The first kappa shape index (κ1) is 24.9. The summed E-state index contributed by atoms with van der Waals surface area (Å²) in [5.74, 6) is 1.27. The molecule has 0 unspecified atom stereocenters. The van der Waals surface area contributed by atoms with Crippen LogP contribution >= 0.6 is 23.4 Å². The molecule has 3 rings (SSSR count). The van der Waals surface area contributed by atoms with E-state index in [4.69, 9.17) is 25.8 Å². The first-order valence-electron chi connectivity index (χ1n) is 10.3. The Morgan fingerprint density at radius 3 is 2.64 bits per heavy atom. The van der Waals surface area contributed by atoms with Gasteiger partial charge in [0.1, 0.15) is 0 Å². The molecule has 1 N–H and O–H groups in total. The fourth-order valence-corrected chi connectivity index (χ4v) is 4.25. The quantitative estimate of drug-likeness (QED) is 0.325. The van der Waals surface area contributed by atoms with Gasteiger partial charge in [-0.1, -0.05) is 29.4 Å². The average molecular weight is 492 g/mol. The maximum Gasteiger partial charge on any atom is 0.262 e. The summed E-state index contributed by atoms with van der Waals surface area (Å²) in [7, 11) is 4.74. The summed E-state index contributed by atoms with van der Waals surface area (Å²) < 4.78 is 17.2. The molecular weight excluding hydrogens is 466 g/mol. The van der Waals surface area contributed by atoms with Gasteiger partial charge in [0, 0.05) is 18.7 Å². The number of ether oxygens (including phenoxy) is 3. The van der Waals surface area contributed by atoms with Crippen LogP contribution in [0, 0.1) is 0 Å². The second kappa shape index (κ2) is 11.9. The van der Waals surface area contributed by atoms with E-state index in [-0.39, 0.29) is 17.2 Å². The molecule has 1 aromatic heterocycles. The van der Waals surface area contributed by atoms with E-state index < -0.39 is 0 Å². The molecule has 33 heavy (non-hydrogen) atoms. The van der Waals surface area contributed by atoms with Crippen molar-refractivity contribution in [2.24, 2.45) is 0 Å². The van der Waals surface area contributed by atoms with Crippen LogP contribution in [0.5, 0.6) is 11.5 Å². The number of benzene rings is 2. The van der Waals surface area contributed by atoms with Crippen molar-refractivity contribution in [2.45, 2.75) is 18.1 Å². The van der Waals surface area contributed by atoms with Crippen LogP contribution in [0.4, 0.5) is 0 Å². The van der Waals surface area contributed by atoms with Gasteiger partial charge >= 0.3 is 0 Å². The Hall–Kier alpha value is -2.75. The zero-order chi connectivity index (χ0) is 23.8. The monoisotopic (exact) mass is 491 g/mol. The Morgan fingerprint density at radius 1 is 1.12 bits per heavy atom. The van der Waals surface area contributed by atoms with Crippen LogP contribution in [0.2, 0.25) is 5.02 Å². The number of rotatable bonds is 11. The maximum absolute atomic E-state index is 12.9. The largest absolute Gasteiger partial charge is 0.493 e. The molecule has 1 amide bonds. The Balaban J connectivity index is 1.64. The van der Waals surface area contributed by atoms with Gasteiger partial charge in [-0.05, 0) is 42.3 Å². The first-order chi connectivity index (χ1) is 16.0. The Morgan fingerprint density at radius 2 is 1.91 bits per heavy atom. The van der Waals surface area contributed by atoms with Crippen molar-refractivity contribution in [3.8, 4) is 11.5 Å². The number of halogens is 1. The Kier molecular flexibility index (Phi) is 8.99. The molecule has 0 atom stereocenters. The molecule has 1 heterocycles. The van der Waals surface area contributed by atoms with E-state index in [1.807, 2.05) is 18.2 Å². The normalized spacial score (nSPS) is 10.9. The minimum Gasteiger partial charge on any atom is -0.493 e. The lowest BCUT2D eigenvalue weighted by Gasteiger charge is -2.13. The highest BCUT2D eigenvalue weighted by Crippen LogP contribution is 2.27. The van der Waals surface area contributed by atoms with E-state index in [1.54, 1.807) is 39.5 Å². The lowest BCUT2D eigenvalue weighted by molar-refractivity contribution is -0.118. The summed E-state index contributed by atoms with van der Waals surface area (Å²) >= 11 is 7.27. The maximum atomic E-state index is 12.9. The molecule has 3 aromatic rings. The predicted molar refractivity (Wildman–Crippen MR) is 130 cm³/mol. The van der Waals surface area contributed by atoms with Crippen LogP contribution in [0.3, 0.4) is 0 Å². The zero-order valence-corrected chi connectivity index (χ0v) is 20.3. The van der Waals surface area contributed by atoms with Crippen molar-refractivity contribution in [1.29, 1.82) is 0 Å². The van der Waals surface area contributed by atoms with Crippen molar-refractivity contribution in [3.63, 3.8) is 0 Å². The SMILES string of the molecule is COCCn1c(SCC(=O)NCCc2ccc(OC)c(OC)c2)nc2cc(Cl)ccc2c1=O. The van der Waals surface area contributed by atoms with Gasteiger partial charge in [-0.3, -0.25) is 14.2 Å². The van der Waals surface area contributed by atoms with E-state index >= 15 is 0 Å². The number of nitrogens with one attached hydrogen (secondary N) is 1. The fraction of sp³-hybridized carbons (Fsp3) is 0.348. The molecule has 0 bridgehead atoms. The molecule has 10 heteroatoms. The number of fused-ring (bicyclic) bond motifs is 1. The van der Waals surface area contributed by atoms with Gasteiger partial charge in [0.25, 0.3) is 5.56 Å². The number of carbonyl (C=O) groups excluding carboxylic acids is 1. The lowest BCUT2D eigenvalue weighted by Crippen LogP contribution is -2.29. The van der Waals surface area contributed by atoms with Gasteiger partial charge in [0.05, 0.1) is 44.0 Å². The molecule has 2 aromatic carbocycles. The number of hydrogen-bond acceptors (Lipinski definition) is 7. The van der Waals surface area contributed by atoms with Crippen LogP contribution in [-0.2, 0) is 22.5 Å². The number of aromatic nitrogens is 2. The van der Waals surface area contributed by atoms with Crippen molar-refractivity contribution in [3.05, 3.63) is 57.3 Å². The number of methoxy groups -OCH3 is 3. The van der Waals surface area contributed by atoms with Crippen LogP contribution < -0.4 is 20.3 Å².